The number of nitrogens with zero attached hydrogens (tertiary/aromatic N) is 1. The molecule has 70 valence electrons. The van der Waals surface area contributed by atoms with Crippen LogP contribution in [0.4, 0.5) is 0 Å². The molecule has 0 atom stereocenters. The maximum atomic E-state index is 11.2. The fourth-order valence-corrected chi connectivity index (χ4v) is 1.17. The Labute approximate surface area is 72.1 Å². The Hall–Kier alpha value is -0.610. The molecule has 1 amide bonds. The van der Waals surface area contributed by atoms with Gasteiger partial charge in [-0.2, -0.15) is 0 Å². The third kappa shape index (κ3) is 2.19. The number of carbonyl (C=O) groups excluding carboxylic acids is 1. The predicted molar refractivity (Wildman–Crippen MR) is 43.6 cm³/mol. The summed E-state index contributed by atoms with van der Waals surface area (Å²) in [6, 6.07) is 0. The molecule has 0 unspecified atom stereocenters. The van der Waals surface area contributed by atoms with Crippen molar-refractivity contribution in [3.05, 3.63) is 0 Å². The van der Waals surface area contributed by atoms with Gasteiger partial charge in [0, 0.05) is 32.2 Å². The van der Waals surface area contributed by atoms with Crippen molar-refractivity contribution in [3.63, 3.8) is 0 Å². The zero-order chi connectivity index (χ0) is 8.97. The summed E-state index contributed by atoms with van der Waals surface area (Å²) >= 11 is 0. The maximum Gasteiger partial charge on any atom is 0.248 e. The van der Waals surface area contributed by atoms with Gasteiger partial charge in [-0.25, -0.2) is 0 Å². The first-order chi connectivity index (χ1) is 5.77. The second kappa shape index (κ2) is 4.42. The van der Waals surface area contributed by atoms with Crippen LogP contribution in [0, 0.1) is 5.92 Å². The van der Waals surface area contributed by atoms with E-state index in [-0.39, 0.29) is 25.0 Å². The summed E-state index contributed by atoms with van der Waals surface area (Å²) in [7, 11) is 0. The number of amides is 1. The molecule has 0 bridgehead atoms. The number of hydrogen-bond donors (Lipinski definition) is 1. The van der Waals surface area contributed by atoms with E-state index < -0.39 is 0 Å². The number of likely N-dealkylation sites (tertiary alicyclic amines) is 1. The average Bonchev–Trinajstić information content (AvgIpc) is 1.99. The largest absolute Gasteiger partial charge is 0.396 e. The van der Waals surface area contributed by atoms with Crippen molar-refractivity contribution in [2.24, 2.45) is 5.92 Å². The predicted octanol–water partition coefficient (Wildman–Crippen LogP) is -0.526. The Morgan fingerprint density at radius 2 is 2.33 bits per heavy atom. The van der Waals surface area contributed by atoms with Crippen molar-refractivity contribution in [1.82, 2.24) is 4.90 Å². The van der Waals surface area contributed by atoms with E-state index in [1.807, 2.05) is 6.92 Å². The van der Waals surface area contributed by atoms with Gasteiger partial charge in [0.25, 0.3) is 0 Å². The van der Waals surface area contributed by atoms with Crippen LogP contribution >= 0.6 is 0 Å². The molecule has 1 fully saturated rings. The standard InChI is InChI=1S/C8H15NO3/c1-2-12-6-8(11)9-3-7(4-9)5-10/h7,10H,2-6H2,1H3. The van der Waals surface area contributed by atoms with Crippen molar-refractivity contribution in [2.75, 3.05) is 32.9 Å². The number of carbonyl (C=O) groups is 1. The van der Waals surface area contributed by atoms with Crippen LogP contribution < -0.4 is 0 Å². The molecule has 1 heterocycles. The quantitative estimate of drug-likeness (QED) is 0.622. The lowest BCUT2D eigenvalue weighted by molar-refractivity contribution is -0.143. The Balaban J connectivity index is 2.11. The van der Waals surface area contributed by atoms with Crippen LogP contribution in [0.5, 0.6) is 0 Å². The molecule has 0 spiro atoms. The number of aliphatic hydroxyl groups is 1. The van der Waals surface area contributed by atoms with Crippen molar-refractivity contribution in [1.29, 1.82) is 0 Å². The summed E-state index contributed by atoms with van der Waals surface area (Å²) in [4.78, 5) is 12.9. The lowest BCUT2D eigenvalue weighted by Crippen LogP contribution is -2.52. The smallest absolute Gasteiger partial charge is 0.248 e. The van der Waals surface area contributed by atoms with Gasteiger partial charge < -0.3 is 14.7 Å². The number of rotatable bonds is 4. The SMILES string of the molecule is CCOCC(=O)N1CC(CO)C1. The zero-order valence-corrected chi connectivity index (χ0v) is 7.32. The summed E-state index contributed by atoms with van der Waals surface area (Å²) in [5.74, 6) is 0.317. The van der Waals surface area contributed by atoms with Crippen molar-refractivity contribution < 1.29 is 14.6 Å². The van der Waals surface area contributed by atoms with E-state index in [2.05, 4.69) is 0 Å². The lowest BCUT2D eigenvalue weighted by Gasteiger charge is -2.38. The van der Waals surface area contributed by atoms with E-state index >= 15 is 0 Å². The molecule has 4 nitrogen and oxygen atoms in total. The Morgan fingerprint density at radius 1 is 1.67 bits per heavy atom. The van der Waals surface area contributed by atoms with E-state index in [1.54, 1.807) is 4.90 Å². The average molecular weight is 173 g/mol. The highest BCUT2D eigenvalue weighted by atomic mass is 16.5. The maximum absolute atomic E-state index is 11.2. The Kier molecular flexibility index (Phi) is 3.49. The molecule has 0 aromatic carbocycles. The summed E-state index contributed by atoms with van der Waals surface area (Å²) in [6.07, 6.45) is 0. The van der Waals surface area contributed by atoms with Crippen molar-refractivity contribution >= 4 is 5.91 Å². The van der Waals surface area contributed by atoms with Crippen LogP contribution in [0.3, 0.4) is 0 Å². The summed E-state index contributed by atoms with van der Waals surface area (Å²) in [5.41, 5.74) is 0. The Morgan fingerprint density at radius 3 is 2.83 bits per heavy atom. The molecule has 0 radical (unpaired) electrons. The van der Waals surface area contributed by atoms with Gasteiger partial charge >= 0.3 is 0 Å². The fraction of sp³-hybridized carbons (Fsp3) is 0.875. The molecule has 1 aliphatic heterocycles. The van der Waals surface area contributed by atoms with Crippen LogP contribution in [0.1, 0.15) is 6.92 Å². The minimum atomic E-state index is 0.0292. The molecule has 0 aromatic rings. The van der Waals surface area contributed by atoms with E-state index in [0.717, 1.165) is 0 Å². The van der Waals surface area contributed by atoms with Gasteiger partial charge in [-0.1, -0.05) is 0 Å². The summed E-state index contributed by atoms with van der Waals surface area (Å²) in [5, 5.41) is 8.69. The zero-order valence-electron chi connectivity index (χ0n) is 7.32. The van der Waals surface area contributed by atoms with Gasteiger partial charge in [0.15, 0.2) is 0 Å². The molecule has 12 heavy (non-hydrogen) atoms. The molecule has 0 saturated carbocycles. The minimum Gasteiger partial charge on any atom is -0.396 e. The minimum absolute atomic E-state index is 0.0292. The third-order valence-electron chi connectivity index (χ3n) is 2.00. The fourth-order valence-electron chi connectivity index (χ4n) is 1.17. The van der Waals surface area contributed by atoms with Gasteiger partial charge in [0.05, 0.1) is 0 Å². The highest BCUT2D eigenvalue weighted by molar-refractivity contribution is 5.78. The van der Waals surface area contributed by atoms with Crippen molar-refractivity contribution in [3.8, 4) is 0 Å². The molecular formula is C8H15NO3. The molecule has 4 heteroatoms. The lowest BCUT2D eigenvalue weighted by atomic mass is 10.0. The van der Waals surface area contributed by atoms with E-state index in [9.17, 15) is 4.79 Å². The van der Waals surface area contributed by atoms with Gasteiger partial charge in [-0.05, 0) is 6.92 Å². The van der Waals surface area contributed by atoms with E-state index in [1.165, 1.54) is 0 Å². The molecule has 1 N–H and O–H groups in total. The topological polar surface area (TPSA) is 49.8 Å². The molecule has 1 aliphatic rings. The third-order valence-corrected chi connectivity index (χ3v) is 2.00. The van der Waals surface area contributed by atoms with Crippen molar-refractivity contribution in [2.45, 2.75) is 6.92 Å². The molecule has 1 saturated heterocycles. The number of hydrogen-bond acceptors (Lipinski definition) is 3. The Bertz CT molecular complexity index is 154. The van der Waals surface area contributed by atoms with Crippen LogP contribution in [0.2, 0.25) is 0 Å². The van der Waals surface area contributed by atoms with E-state index in [0.29, 0.717) is 19.7 Å². The van der Waals surface area contributed by atoms with Gasteiger partial charge in [-0.3, -0.25) is 4.79 Å². The first-order valence-corrected chi connectivity index (χ1v) is 4.24. The van der Waals surface area contributed by atoms with E-state index in [4.69, 9.17) is 9.84 Å². The van der Waals surface area contributed by atoms with Crippen LogP contribution in [0.25, 0.3) is 0 Å². The first kappa shape index (κ1) is 9.48. The molecular weight excluding hydrogens is 158 g/mol. The second-order valence-electron chi connectivity index (χ2n) is 2.98. The molecule has 1 rings (SSSR count). The van der Waals surface area contributed by atoms with Gasteiger partial charge in [0.2, 0.25) is 5.91 Å². The summed E-state index contributed by atoms with van der Waals surface area (Å²) < 4.78 is 4.97. The van der Waals surface area contributed by atoms with Crippen LogP contribution in [-0.2, 0) is 9.53 Å². The first-order valence-electron chi connectivity index (χ1n) is 4.24. The normalized spacial score (nSPS) is 17.7. The highest BCUT2D eigenvalue weighted by Gasteiger charge is 2.29. The number of ether oxygens (including phenoxy) is 1. The van der Waals surface area contributed by atoms with Gasteiger partial charge in [0.1, 0.15) is 6.61 Å². The van der Waals surface area contributed by atoms with Crippen LogP contribution in [-0.4, -0.2) is 48.8 Å². The highest BCUT2D eigenvalue weighted by Crippen LogP contribution is 2.14. The molecule has 0 aliphatic carbocycles. The number of aliphatic hydroxyl groups excluding tert-OH is 1. The molecule has 0 aromatic heterocycles. The monoisotopic (exact) mass is 173 g/mol. The van der Waals surface area contributed by atoms with Gasteiger partial charge in [-0.15, -0.1) is 0 Å². The second-order valence-corrected chi connectivity index (χ2v) is 2.98. The summed E-state index contributed by atoms with van der Waals surface area (Å²) in [6.45, 7) is 4.15. The van der Waals surface area contributed by atoms with Crippen LogP contribution in [0.15, 0.2) is 0 Å².